The number of hydrogen-bond donors (Lipinski definition) is 0. The quantitative estimate of drug-likeness (QED) is 0.679. The number of carbonyl (C=O) groups is 1. The van der Waals surface area contributed by atoms with E-state index in [1.807, 2.05) is 31.3 Å². The molecule has 0 aliphatic heterocycles. The fourth-order valence-corrected chi connectivity index (χ4v) is 1.39. The summed E-state index contributed by atoms with van der Waals surface area (Å²) >= 11 is 0. The fourth-order valence-electron chi connectivity index (χ4n) is 1.39. The second kappa shape index (κ2) is 3.57. The summed E-state index contributed by atoms with van der Waals surface area (Å²) in [6.07, 6.45) is 3.43. The van der Waals surface area contributed by atoms with Crippen molar-refractivity contribution in [2.45, 2.75) is 13.3 Å². The van der Waals surface area contributed by atoms with E-state index < -0.39 is 0 Å². The Balaban J connectivity index is 2.38. The molecule has 0 aliphatic rings. The lowest BCUT2D eigenvalue weighted by Gasteiger charge is -1.98. The van der Waals surface area contributed by atoms with Gasteiger partial charge in [-0.05, 0) is 12.1 Å². The van der Waals surface area contributed by atoms with Crippen LogP contribution in [0.25, 0.3) is 5.52 Å². The predicted octanol–water partition coefficient (Wildman–Crippen LogP) is 1.11. The molecule has 2 aromatic heterocycles. The molecule has 0 radical (unpaired) electrons. The predicted molar refractivity (Wildman–Crippen MR) is 51.9 cm³/mol. The van der Waals surface area contributed by atoms with Crippen molar-refractivity contribution >= 4 is 11.8 Å². The lowest BCUT2D eigenvalue weighted by atomic mass is 10.1. The van der Waals surface area contributed by atoms with Gasteiger partial charge in [0.05, 0.1) is 11.2 Å². The number of aldehydes is 1. The van der Waals surface area contributed by atoms with Crippen LogP contribution < -0.4 is 0 Å². The number of carbonyl (C=O) groups excluding carboxylic acids is 1. The minimum absolute atomic E-state index is 0.00398. The van der Waals surface area contributed by atoms with Gasteiger partial charge in [-0.1, -0.05) is 18.2 Å². The maximum absolute atomic E-state index is 10.5. The number of hydrogen-bond acceptors (Lipinski definition) is 3. The van der Waals surface area contributed by atoms with E-state index in [2.05, 4.69) is 10.3 Å². The van der Waals surface area contributed by atoms with Gasteiger partial charge < -0.3 is 4.79 Å². The molecular weight excluding hydrogens is 178 g/mol. The maximum atomic E-state index is 10.5. The monoisotopic (exact) mass is 189 g/mol. The highest BCUT2D eigenvalue weighted by molar-refractivity contribution is 5.56. The SMILES string of the molecule is CC(C=O)Cc1nnn2ccccc12. The Hall–Kier alpha value is -1.71. The van der Waals surface area contributed by atoms with Crippen LogP contribution in [0.1, 0.15) is 12.6 Å². The molecule has 0 saturated heterocycles. The number of fused-ring (bicyclic) bond motifs is 1. The lowest BCUT2D eigenvalue weighted by molar-refractivity contribution is -0.110. The first-order chi connectivity index (χ1) is 6.81. The molecule has 0 aliphatic carbocycles. The van der Waals surface area contributed by atoms with Crippen LogP contribution in [0.2, 0.25) is 0 Å². The Morgan fingerprint density at radius 2 is 2.43 bits per heavy atom. The van der Waals surface area contributed by atoms with Crippen molar-refractivity contribution in [2.75, 3.05) is 0 Å². The molecule has 0 aromatic carbocycles. The third kappa shape index (κ3) is 1.51. The summed E-state index contributed by atoms with van der Waals surface area (Å²) in [4.78, 5) is 10.5. The van der Waals surface area contributed by atoms with Crippen LogP contribution in [0, 0.1) is 5.92 Å². The standard InChI is InChI=1S/C10H11N3O/c1-8(7-14)6-9-10-4-2-3-5-13(10)12-11-9/h2-5,7-8H,6H2,1H3. The van der Waals surface area contributed by atoms with Crippen LogP contribution in [0.3, 0.4) is 0 Å². The summed E-state index contributed by atoms with van der Waals surface area (Å²) in [6, 6.07) is 5.79. The average Bonchev–Trinajstić information content (AvgIpc) is 2.62. The highest BCUT2D eigenvalue weighted by atomic mass is 16.1. The highest BCUT2D eigenvalue weighted by Gasteiger charge is 2.08. The zero-order valence-corrected chi connectivity index (χ0v) is 7.92. The molecule has 0 fully saturated rings. The molecule has 0 amide bonds. The van der Waals surface area contributed by atoms with E-state index in [0.29, 0.717) is 6.42 Å². The van der Waals surface area contributed by atoms with Crippen LogP contribution in [-0.4, -0.2) is 21.1 Å². The fraction of sp³-hybridized carbons (Fsp3) is 0.300. The van der Waals surface area contributed by atoms with Gasteiger partial charge in [0.2, 0.25) is 0 Å². The first kappa shape index (κ1) is 8.87. The molecule has 0 saturated carbocycles. The molecule has 72 valence electrons. The Morgan fingerprint density at radius 1 is 1.57 bits per heavy atom. The van der Waals surface area contributed by atoms with E-state index >= 15 is 0 Å². The van der Waals surface area contributed by atoms with E-state index in [0.717, 1.165) is 17.5 Å². The van der Waals surface area contributed by atoms with E-state index in [4.69, 9.17) is 0 Å². The summed E-state index contributed by atoms with van der Waals surface area (Å²) < 4.78 is 1.72. The smallest absolute Gasteiger partial charge is 0.123 e. The van der Waals surface area contributed by atoms with Crippen molar-refractivity contribution in [2.24, 2.45) is 5.92 Å². The molecular formula is C10H11N3O. The van der Waals surface area contributed by atoms with E-state index in [1.54, 1.807) is 4.52 Å². The molecule has 0 spiro atoms. The Bertz CT molecular complexity index is 449. The second-order valence-corrected chi connectivity index (χ2v) is 3.38. The van der Waals surface area contributed by atoms with Gasteiger partial charge in [0.1, 0.15) is 6.29 Å². The molecule has 2 rings (SSSR count). The van der Waals surface area contributed by atoms with Gasteiger partial charge in [0.15, 0.2) is 0 Å². The van der Waals surface area contributed by atoms with Crippen molar-refractivity contribution in [3.8, 4) is 0 Å². The number of nitrogens with zero attached hydrogens (tertiary/aromatic N) is 3. The van der Waals surface area contributed by atoms with Gasteiger partial charge in [-0.25, -0.2) is 4.52 Å². The lowest BCUT2D eigenvalue weighted by Crippen LogP contribution is -2.01. The van der Waals surface area contributed by atoms with Crippen molar-refractivity contribution in [3.63, 3.8) is 0 Å². The van der Waals surface area contributed by atoms with Gasteiger partial charge in [0.25, 0.3) is 0 Å². The Morgan fingerprint density at radius 3 is 3.21 bits per heavy atom. The molecule has 2 aromatic rings. The van der Waals surface area contributed by atoms with E-state index in [9.17, 15) is 4.79 Å². The number of aromatic nitrogens is 3. The maximum Gasteiger partial charge on any atom is 0.123 e. The van der Waals surface area contributed by atoms with Crippen molar-refractivity contribution in [1.82, 2.24) is 14.8 Å². The summed E-state index contributed by atoms with van der Waals surface area (Å²) in [5.74, 6) is -0.00398. The van der Waals surface area contributed by atoms with Crippen LogP contribution in [0.15, 0.2) is 24.4 Å². The topological polar surface area (TPSA) is 47.3 Å². The van der Waals surface area contributed by atoms with Gasteiger partial charge in [-0.2, -0.15) is 0 Å². The zero-order chi connectivity index (χ0) is 9.97. The van der Waals surface area contributed by atoms with Crippen molar-refractivity contribution < 1.29 is 4.79 Å². The molecule has 4 heteroatoms. The molecule has 4 nitrogen and oxygen atoms in total. The molecule has 2 heterocycles. The first-order valence-corrected chi connectivity index (χ1v) is 4.55. The van der Waals surface area contributed by atoms with Crippen LogP contribution in [-0.2, 0) is 11.2 Å². The van der Waals surface area contributed by atoms with Crippen LogP contribution in [0.4, 0.5) is 0 Å². The summed E-state index contributed by atoms with van der Waals surface area (Å²) in [7, 11) is 0. The molecule has 0 bridgehead atoms. The Labute approximate surface area is 81.5 Å². The Kier molecular flexibility index (Phi) is 2.26. The average molecular weight is 189 g/mol. The summed E-state index contributed by atoms with van der Waals surface area (Å²) in [5.41, 5.74) is 1.85. The van der Waals surface area contributed by atoms with Crippen molar-refractivity contribution in [1.29, 1.82) is 0 Å². The van der Waals surface area contributed by atoms with E-state index in [-0.39, 0.29) is 5.92 Å². The molecule has 14 heavy (non-hydrogen) atoms. The van der Waals surface area contributed by atoms with Gasteiger partial charge >= 0.3 is 0 Å². The highest BCUT2D eigenvalue weighted by Crippen LogP contribution is 2.10. The van der Waals surface area contributed by atoms with Gasteiger partial charge in [-0.3, -0.25) is 0 Å². The molecule has 1 atom stereocenters. The first-order valence-electron chi connectivity index (χ1n) is 4.55. The van der Waals surface area contributed by atoms with Gasteiger partial charge in [0, 0.05) is 18.5 Å². The summed E-state index contributed by atoms with van der Waals surface area (Å²) in [5, 5.41) is 7.99. The molecule has 0 N–H and O–H groups in total. The third-order valence-corrected chi connectivity index (χ3v) is 2.14. The second-order valence-electron chi connectivity index (χ2n) is 3.38. The number of rotatable bonds is 3. The minimum Gasteiger partial charge on any atom is -0.303 e. The normalized spacial score (nSPS) is 12.9. The van der Waals surface area contributed by atoms with Gasteiger partial charge in [-0.15, -0.1) is 5.10 Å². The minimum atomic E-state index is -0.00398. The van der Waals surface area contributed by atoms with Crippen molar-refractivity contribution in [3.05, 3.63) is 30.1 Å². The zero-order valence-electron chi connectivity index (χ0n) is 7.92. The van der Waals surface area contributed by atoms with Crippen LogP contribution in [0.5, 0.6) is 0 Å². The molecule has 1 unspecified atom stereocenters. The van der Waals surface area contributed by atoms with E-state index in [1.165, 1.54) is 0 Å². The number of pyridine rings is 1. The third-order valence-electron chi connectivity index (χ3n) is 2.14. The van der Waals surface area contributed by atoms with Crippen LogP contribution >= 0.6 is 0 Å². The summed E-state index contributed by atoms with van der Waals surface area (Å²) in [6.45, 7) is 1.88. The largest absolute Gasteiger partial charge is 0.303 e.